The lowest BCUT2D eigenvalue weighted by Crippen LogP contribution is -2.21. The lowest BCUT2D eigenvalue weighted by Gasteiger charge is -2.11. The number of nitrogens with zero attached hydrogens (tertiary/aromatic N) is 6. The number of hydrogen-bond donors (Lipinski definition) is 0. The predicted molar refractivity (Wildman–Crippen MR) is 126 cm³/mol. The first-order valence-corrected chi connectivity index (χ1v) is 10.6. The fourth-order valence-corrected chi connectivity index (χ4v) is 4.21. The summed E-state index contributed by atoms with van der Waals surface area (Å²) in [6.07, 6.45) is 5.34. The number of imidazole rings is 1. The molecule has 4 heterocycles. The first-order chi connectivity index (χ1) is 15.9. The smallest absolute Gasteiger partial charge is 0.333 e. The first kappa shape index (κ1) is 20.7. The van der Waals surface area contributed by atoms with E-state index in [9.17, 15) is 4.79 Å². The number of ether oxygens (including phenoxy) is 2. The molecule has 0 radical (unpaired) electrons. The van der Waals surface area contributed by atoms with Crippen molar-refractivity contribution in [3.05, 3.63) is 59.0 Å². The molecule has 0 saturated carbocycles. The molecule has 168 valence electrons. The number of aryl methyl sites for hydroxylation is 3. The number of rotatable bonds is 5. The Morgan fingerprint density at radius 2 is 1.88 bits per heavy atom. The Hall–Kier alpha value is -4.14. The van der Waals surface area contributed by atoms with E-state index in [0.717, 1.165) is 44.4 Å². The maximum absolute atomic E-state index is 13.3. The normalized spacial score (nSPS) is 11.4. The highest BCUT2D eigenvalue weighted by atomic mass is 16.5. The van der Waals surface area contributed by atoms with Crippen LogP contribution >= 0.6 is 0 Å². The summed E-state index contributed by atoms with van der Waals surface area (Å²) < 4.78 is 16.1. The number of methoxy groups -OCH3 is 1. The molecule has 0 unspecified atom stereocenters. The van der Waals surface area contributed by atoms with Gasteiger partial charge in [0.1, 0.15) is 0 Å². The van der Waals surface area contributed by atoms with Gasteiger partial charge in [-0.1, -0.05) is 6.07 Å². The minimum atomic E-state index is -0.148. The predicted octanol–water partition coefficient (Wildman–Crippen LogP) is 3.39. The van der Waals surface area contributed by atoms with Crippen molar-refractivity contribution in [2.24, 2.45) is 14.1 Å². The van der Waals surface area contributed by atoms with Crippen LogP contribution in [-0.2, 0) is 14.1 Å². The Labute approximate surface area is 189 Å². The van der Waals surface area contributed by atoms with Crippen molar-refractivity contribution in [3.8, 4) is 28.4 Å². The van der Waals surface area contributed by atoms with E-state index in [0.29, 0.717) is 18.2 Å². The van der Waals surface area contributed by atoms with Gasteiger partial charge in [0.25, 0.3) is 5.88 Å². The van der Waals surface area contributed by atoms with Crippen LogP contribution in [-0.4, -0.2) is 42.6 Å². The molecule has 5 aromatic rings. The molecule has 0 spiro atoms. The van der Waals surface area contributed by atoms with Crippen LogP contribution in [0.4, 0.5) is 0 Å². The minimum Gasteiger partial charge on any atom is -0.488 e. The molecule has 1 aromatic carbocycles. The second-order valence-corrected chi connectivity index (χ2v) is 7.84. The second kappa shape index (κ2) is 7.77. The molecule has 4 aromatic heterocycles. The molecular weight excluding hydrogens is 420 g/mol. The Morgan fingerprint density at radius 3 is 2.58 bits per heavy atom. The van der Waals surface area contributed by atoms with Gasteiger partial charge in [-0.2, -0.15) is 5.10 Å². The van der Waals surface area contributed by atoms with Crippen LogP contribution in [0.25, 0.3) is 38.8 Å². The van der Waals surface area contributed by atoms with Crippen LogP contribution in [0, 0.1) is 6.92 Å². The summed E-state index contributed by atoms with van der Waals surface area (Å²) in [4.78, 5) is 22.3. The summed E-state index contributed by atoms with van der Waals surface area (Å²) in [6.45, 7) is 4.32. The summed E-state index contributed by atoms with van der Waals surface area (Å²) in [5.74, 6) is 1.02. The molecule has 0 atom stereocenters. The maximum Gasteiger partial charge on any atom is 0.333 e. The lowest BCUT2D eigenvalue weighted by atomic mass is 10.0. The summed E-state index contributed by atoms with van der Waals surface area (Å²) in [5, 5.41) is 5.29. The number of pyridine rings is 2. The SMILES string of the molecule is CCOc1cc(-c2ccc3ncc4c(c3c2)n(-c2cn(C)nc2C)c(=O)n4C)cnc1OC. The van der Waals surface area contributed by atoms with Gasteiger partial charge in [0.05, 0.1) is 47.8 Å². The lowest BCUT2D eigenvalue weighted by molar-refractivity contribution is 0.304. The van der Waals surface area contributed by atoms with Crippen molar-refractivity contribution in [2.45, 2.75) is 13.8 Å². The number of hydrogen-bond acceptors (Lipinski definition) is 6. The zero-order chi connectivity index (χ0) is 23.3. The third kappa shape index (κ3) is 3.24. The molecule has 0 fully saturated rings. The Balaban J connectivity index is 1.80. The van der Waals surface area contributed by atoms with E-state index in [4.69, 9.17) is 9.47 Å². The van der Waals surface area contributed by atoms with E-state index >= 15 is 0 Å². The second-order valence-electron chi connectivity index (χ2n) is 7.84. The van der Waals surface area contributed by atoms with Crippen LogP contribution in [0.15, 0.2) is 47.7 Å². The fraction of sp³-hybridized carbons (Fsp3) is 0.250. The van der Waals surface area contributed by atoms with Crippen molar-refractivity contribution in [3.63, 3.8) is 0 Å². The van der Waals surface area contributed by atoms with Gasteiger partial charge in [-0.25, -0.2) is 9.78 Å². The van der Waals surface area contributed by atoms with E-state index in [1.807, 2.05) is 51.4 Å². The largest absolute Gasteiger partial charge is 0.488 e. The van der Waals surface area contributed by atoms with Gasteiger partial charge in [0, 0.05) is 37.4 Å². The van der Waals surface area contributed by atoms with E-state index in [1.54, 1.807) is 40.4 Å². The summed E-state index contributed by atoms with van der Waals surface area (Å²) in [7, 11) is 5.17. The quantitative estimate of drug-likeness (QED) is 0.413. The highest BCUT2D eigenvalue weighted by Crippen LogP contribution is 2.33. The molecule has 0 bridgehead atoms. The third-order valence-corrected chi connectivity index (χ3v) is 5.76. The van der Waals surface area contributed by atoms with Gasteiger partial charge in [0.2, 0.25) is 0 Å². The minimum absolute atomic E-state index is 0.148. The molecule has 33 heavy (non-hydrogen) atoms. The Morgan fingerprint density at radius 1 is 1.06 bits per heavy atom. The van der Waals surface area contributed by atoms with Crippen LogP contribution in [0.5, 0.6) is 11.6 Å². The average Bonchev–Trinajstić information content (AvgIpc) is 3.28. The van der Waals surface area contributed by atoms with Gasteiger partial charge in [-0.05, 0) is 37.6 Å². The molecule has 5 rings (SSSR count). The van der Waals surface area contributed by atoms with Crippen molar-refractivity contribution >= 4 is 21.9 Å². The van der Waals surface area contributed by atoms with Crippen molar-refractivity contribution in [1.29, 1.82) is 0 Å². The molecular formula is C24H24N6O3. The van der Waals surface area contributed by atoms with Crippen LogP contribution in [0.3, 0.4) is 0 Å². The van der Waals surface area contributed by atoms with Gasteiger partial charge >= 0.3 is 5.69 Å². The highest BCUT2D eigenvalue weighted by molar-refractivity contribution is 6.04. The molecule has 0 aliphatic heterocycles. The van der Waals surface area contributed by atoms with Crippen LogP contribution in [0.2, 0.25) is 0 Å². The third-order valence-electron chi connectivity index (χ3n) is 5.76. The molecule has 0 amide bonds. The Bertz CT molecular complexity index is 1580. The Kier molecular flexibility index (Phi) is 4.88. The van der Waals surface area contributed by atoms with Gasteiger partial charge < -0.3 is 9.47 Å². The van der Waals surface area contributed by atoms with Gasteiger partial charge in [0.15, 0.2) is 5.75 Å². The van der Waals surface area contributed by atoms with Crippen molar-refractivity contribution in [2.75, 3.05) is 13.7 Å². The topological polar surface area (TPSA) is 89.0 Å². The number of aromatic nitrogens is 6. The zero-order valence-corrected chi connectivity index (χ0v) is 19.2. The number of fused-ring (bicyclic) bond motifs is 3. The number of benzene rings is 1. The fourth-order valence-electron chi connectivity index (χ4n) is 4.21. The van der Waals surface area contributed by atoms with Crippen LogP contribution < -0.4 is 15.2 Å². The zero-order valence-electron chi connectivity index (χ0n) is 19.2. The van der Waals surface area contributed by atoms with E-state index in [1.165, 1.54) is 0 Å². The van der Waals surface area contributed by atoms with E-state index in [-0.39, 0.29) is 5.69 Å². The first-order valence-electron chi connectivity index (χ1n) is 10.6. The summed E-state index contributed by atoms with van der Waals surface area (Å²) in [5.41, 5.74) is 5.50. The summed E-state index contributed by atoms with van der Waals surface area (Å²) >= 11 is 0. The molecule has 0 N–H and O–H groups in total. The van der Waals surface area contributed by atoms with Crippen molar-refractivity contribution in [1.82, 2.24) is 28.9 Å². The standard InChI is InChI=1S/C24H24N6O3/c1-6-33-21-10-16(11-26-23(21)32-5)15-7-8-18-17(9-15)22-19(12-25-18)29(4)24(31)30(22)20-13-28(3)27-14(20)2/h7-13H,6H2,1-5H3. The molecule has 0 saturated heterocycles. The van der Waals surface area contributed by atoms with Gasteiger partial charge in [-0.3, -0.25) is 18.8 Å². The monoisotopic (exact) mass is 444 g/mol. The molecule has 0 aliphatic rings. The summed E-state index contributed by atoms with van der Waals surface area (Å²) in [6, 6.07) is 7.88. The molecule has 0 aliphatic carbocycles. The maximum atomic E-state index is 13.3. The van der Waals surface area contributed by atoms with Gasteiger partial charge in [-0.15, -0.1) is 0 Å². The van der Waals surface area contributed by atoms with Crippen molar-refractivity contribution < 1.29 is 9.47 Å². The highest BCUT2D eigenvalue weighted by Gasteiger charge is 2.19. The van der Waals surface area contributed by atoms with E-state index in [2.05, 4.69) is 15.1 Å². The van der Waals surface area contributed by atoms with E-state index < -0.39 is 0 Å². The molecule has 9 nitrogen and oxygen atoms in total. The molecule has 9 heteroatoms. The van der Waals surface area contributed by atoms with Crippen LogP contribution in [0.1, 0.15) is 12.6 Å². The average molecular weight is 444 g/mol.